The fraction of sp³-hybridized carbons (Fsp3) is 0.429. The van der Waals surface area contributed by atoms with Gasteiger partial charge in [0.25, 0.3) is 0 Å². The zero-order chi connectivity index (χ0) is 13.8. The number of carbonyl (C=O) groups excluding carboxylic acids is 1. The SMILES string of the molecule is C[C@@H](C#N)N1CCN(c2ccc(C(N)=O)cc2)CC1. The number of nitrogens with two attached hydrogens (primary N) is 1. The molecule has 1 aliphatic heterocycles. The van der Waals surface area contributed by atoms with Crippen LogP contribution in [0.2, 0.25) is 0 Å². The van der Waals surface area contributed by atoms with E-state index in [0.717, 1.165) is 31.9 Å². The Labute approximate surface area is 113 Å². The summed E-state index contributed by atoms with van der Waals surface area (Å²) in [5.74, 6) is -0.404. The van der Waals surface area contributed by atoms with E-state index in [2.05, 4.69) is 15.9 Å². The summed E-state index contributed by atoms with van der Waals surface area (Å²) in [6, 6.07) is 9.58. The van der Waals surface area contributed by atoms with Gasteiger partial charge in [-0.2, -0.15) is 5.26 Å². The van der Waals surface area contributed by atoms with E-state index in [9.17, 15) is 4.79 Å². The predicted molar refractivity (Wildman–Crippen MR) is 73.8 cm³/mol. The monoisotopic (exact) mass is 258 g/mol. The molecule has 5 nitrogen and oxygen atoms in total. The smallest absolute Gasteiger partial charge is 0.248 e. The Morgan fingerprint density at radius 3 is 2.32 bits per heavy atom. The molecule has 1 atom stereocenters. The highest BCUT2D eigenvalue weighted by Crippen LogP contribution is 2.18. The topological polar surface area (TPSA) is 73.4 Å². The van der Waals surface area contributed by atoms with Gasteiger partial charge in [-0.25, -0.2) is 0 Å². The average molecular weight is 258 g/mol. The Balaban J connectivity index is 1.98. The second kappa shape index (κ2) is 5.72. The maximum Gasteiger partial charge on any atom is 0.248 e. The van der Waals surface area contributed by atoms with Gasteiger partial charge < -0.3 is 10.6 Å². The van der Waals surface area contributed by atoms with Crippen LogP contribution in [0.25, 0.3) is 0 Å². The molecular weight excluding hydrogens is 240 g/mol. The normalized spacial score (nSPS) is 17.8. The molecule has 100 valence electrons. The van der Waals surface area contributed by atoms with Crippen LogP contribution in [0.4, 0.5) is 5.69 Å². The highest BCUT2D eigenvalue weighted by Gasteiger charge is 2.20. The van der Waals surface area contributed by atoms with E-state index in [-0.39, 0.29) is 6.04 Å². The Hall–Kier alpha value is -2.06. The Kier molecular flexibility index (Phi) is 4.03. The van der Waals surface area contributed by atoms with E-state index in [0.29, 0.717) is 5.56 Å². The van der Waals surface area contributed by atoms with Gasteiger partial charge in [-0.3, -0.25) is 9.69 Å². The largest absolute Gasteiger partial charge is 0.369 e. The minimum Gasteiger partial charge on any atom is -0.369 e. The number of benzene rings is 1. The van der Waals surface area contributed by atoms with Crippen molar-refractivity contribution < 1.29 is 4.79 Å². The highest BCUT2D eigenvalue weighted by atomic mass is 16.1. The second-order valence-corrected chi connectivity index (χ2v) is 4.74. The number of anilines is 1. The van der Waals surface area contributed by atoms with Gasteiger partial charge in [0.2, 0.25) is 5.91 Å². The van der Waals surface area contributed by atoms with Gasteiger partial charge in [0.15, 0.2) is 0 Å². The first-order valence-electron chi connectivity index (χ1n) is 6.40. The van der Waals surface area contributed by atoms with Gasteiger partial charge in [0.1, 0.15) is 0 Å². The van der Waals surface area contributed by atoms with Gasteiger partial charge >= 0.3 is 0 Å². The molecule has 1 amide bonds. The van der Waals surface area contributed by atoms with Crippen LogP contribution in [0.5, 0.6) is 0 Å². The summed E-state index contributed by atoms with van der Waals surface area (Å²) in [6.45, 7) is 5.47. The van der Waals surface area contributed by atoms with E-state index < -0.39 is 5.91 Å². The first kappa shape index (κ1) is 13.4. The van der Waals surface area contributed by atoms with Crippen molar-refractivity contribution in [3.8, 4) is 6.07 Å². The number of carbonyl (C=O) groups is 1. The molecule has 1 saturated heterocycles. The molecule has 1 aromatic carbocycles. The van der Waals surface area contributed by atoms with Gasteiger partial charge in [-0.1, -0.05) is 0 Å². The van der Waals surface area contributed by atoms with Crippen molar-refractivity contribution in [3.05, 3.63) is 29.8 Å². The molecular formula is C14H18N4O. The van der Waals surface area contributed by atoms with Crippen molar-refractivity contribution in [1.29, 1.82) is 5.26 Å². The third-order valence-corrected chi connectivity index (χ3v) is 3.57. The second-order valence-electron chi connectivity index (χ2n) is 4.74. The molecule has 2 rings (SSSR count). The summed E-state index contributed by atoms with van der Waals surface area (Å²) < 4.78 is 0. The summed E-state index contributed by atoms with van der Waals surface area (Å²) in [7, 11) is 0. The van der Waals surface area contributed by atoms with E-state index in [1.165, 1.54) is 0 Å². The number of primary amides is 1. The van der Waals surface area contributed by atoms with Gasteiger partial charge in [0, 0.05) is 37.4 Å². The summed E-state index contributed by atoms with van der Waals surface area (Å²) >= 11 is 0. The van der Waals surface area contributed by atoms with Crippen LogP contribution in [0.3, 0.4) is 0 Å². The van der Waals surface area contributed by atoms with Gasteiger partial charge in [0.05, 0.1) is 12.1 Å². The lowest BCUT2D eigenvalue weighted by molar-refractivity contribution is 0.100. The molecule has 1 fully saturated rings. The summed E-state index contributed by atoms with van der Waals surface area (Å²) in [6.07, 6.45) is 0. The maximum absolute atomic E-state index is 11.0. The molecule has 0 aliphatic carbocycles. The van der Waals surface area contributed by atoms with E-state index >= 15 is 0 Å². The minimum absolute atomic E-state index is 0.0283. The molecule has 5 heteroatoms. The molecule has 2 N–H and O–H groups in total. The maximum atomic E-state index is 11.0. The fourth-order valence-corrected chi connectivity index (χ4v) is 2.29. The lowest BCUT2D eigenvalue weighted by Gasteiger charge is -2.37. The van der Waals surface area contributed by atoms with Crippen molar-refractivity contribution in [2.45, 2.75) is 13.0 Å². The van der Waals surface area contributed by atoms with Crippen LogP contribution in [0.15, 0.2) is 24.3 Å². The lowest BCUT2D eigenvalue weighted by atomic mass is 10.1. The zero-order valence-corrected chi connectivity index (χ0v) is 11.0. The van der Waals surface area contributed by atoms with Crippen LogP contribution in [0, 0.1) is 11.3 Å². The number of nitriles is 1. The van der Waals surface area contributed by atoms with Crippen molar-refractivity contribution >= 4 is 11.6 Å². The molecule has 1 aromatic rings. The van der Waals surface area contributed by atoms with Crippen molar-refractivity contribution in [2.24, 2.45) is 5.73 Å². The molecule has 0 bridgehead atoms. The predicted octanol–water partition coefficient (Wildman–Crippen LogP) is 0.820. The van der Waals surface area contributed by atoms with Crippen molar-refractivity contribution in [3.63, 3.8) is 0 Å². The van der Waals surface area contributed by atoms with E-state index in [1.807, 2.05) is 19.1 Å². The molecule has 0 unspecified atom stereocenters. The Morgan fingerprint density at radius 1 is 1.26 bits per heavy atom. The Bertz CT molecular complexity index is 483. The number of hydrogen-bond donors (Lipinski definition) is 1. The number of amides is 1. The van der Waals surface area contributed by atoms with Gasteiger partial charge in [-0.15, -0.1) is 0 Å². The number of piperazine rings is 1. The third-order valence-electron chi connectivity index (χ3n) is 3.57. The number of nitrogens with zero attached hydrogens (tertiary/aromatic N) is 3. The van der Waals surface area contributed by atoms with Crippen LogP contribution in [-0.2, 0) is 0 Å². The highest BCUT2D eigenvalue weighted by molar-refractivity contribution is 5.93. The summed E-state index contributed by atoms with van der Waals surface area (Å²) in [5, 5.41) is 8.90. The average Bonchev–Trinajstić information content (AvgIpc) is 2.46. The molecule has 1 aliphatic rings. The molecule has 1 heterocycles. The number of rotatable bonds is 3. The fourth-order valence-electron chi connectivity index (χ4n) is 2.29. The molecule has 0 saturated carbocycles. The van der Waals surface area contributed by atoms with Crippen molar-refractivity contribution in [1.82, 2.24) is 4.90 Å². The lowest BCUT2D eigenvalue weighted by Crippen LogP contribution is -2.49. The minimum atomic E-state index is -0.404. The van der Waals surface area contributed by atoms with Crippen LogP contribution in [-0.4, -0.2) is 43.0 Å². The van der Waals surface area contributed by atoms with Crippen LogP contribution < -0.4 is 10.6 Å². The van der Waals surface area contributed by atoms with Crippen molar-refractivity contribution in [2.75, 3.05) is 31.1 Å². The molecule has 0 spiro atoms. The van der Waals surface area contributed by atoms with E-state index in [4.69, 9.17) is 11.0 Å². The summed E-state index contributed by atoms with van der Waals surface area (Å²) in [5.41, 5.74) is 6.84. The third kappa shape index (κ3) is 3.04. The summed E-state index contributed by atoms with van der Waals surface area (Å²) in [4.78, 5) is 15.4. The molecule has 19 heavy (non-hydrogen) atoms. The first-order chi connectivity index (χ1) is 9.11. The van der Waals surface area contributed by atoms with Crippen LogP contribution >= 0.6 is 0 Å². The standard InChI is InChI=1S/C14H18N4O/c1-11(10-15)17-6-8-18(9-7-17)13-4-2-12(3-5-13)14(16)19/h2-5,11H,6-9H2,1H3,(H2,16,19)/t11-/m0/s1. The Morgan fingerprint density at radius 2 is 1.84 bits per heavy atom. The quantitative estimate of drug-likeness (QED) is 0.871. The molecule has 0 aromatic heterocycles. The van der Waals surface area contributed by atoms with E-state index in [1.54, 1.807) is 12.1 Å². The van der Waals surface area contributed by atoms with Crippen LogP contribution in [0.1, 0.15) is 17.3 Å². The molecule has 0 radical (unpaired) electrons. The first-order valence-corrected chi connectivity index (χ1v) is 6.40. The zero-order valence-electron chi connectivity index (χ0n) is 11.0. The van der Waals surface area contributed by atoms with Gasteiger partial charge in [-0.05, 0) is 31.2 Å². The number of hydrogen-bond acceptors (Lipinski definition) is 4.